The van der Waals surface area contributed by atoms with Crippen molar-refractivity contribution in [2.45, 2.75) is 26.2 Å². The number of hydrogen-bond acceptors (Lipinski definition) is 5. The van der Waals surface area contributed by atoms with E-state index in [0.717, 1.165) is 12.8 Å². The van der Waals surface area contributed by atoms with E-state index in [1.807, 2.05) is 6.92 Å². The van der Waals surface area contributed by atoms with Crippen LogP contribution < -0.4 is 15.4 Å². The van der Waals surface area contributed by atoms with Gasteiger partial charge in [-0.2, -0.15) is 5.10 Å². The molecule has 1 heterocycles. The summed E-state index contributed by atoms with van der Waals surface area (Å²) in [4.78, 5) is 27.6. The normalized spacial score (nSPS) is 10.2. The quantitative estimate of drug-likeness (QED) is 0.725. The number of anilines is 2. The van der Waals surface area contributed by atoms with Gasteiger partial charge in [0.05, 0.1) is 12.8 Å². The number of rotatable bonds is 7. The van der Waals surface area contributed by atoms with Crippen molar-refractivity contribution >= 4 is 23.2 Å². The Morgan fingerprint density at radius 1 is 1.30 bits per heavy atom. The van der Waals surface area contributed by atoms with E-state index < -0.39 is 5.91 Å². The number of nitrogens with one attached hydrogen (secondary N) is 3. The molecule has 0 fully saturated rings. The van der Waals surface area contributed by atoms with Crippen LogP contribution in [0.25, 0.3) is 0 Å². The molecule has 2 aromatic rings. The summed E-state index contributed by atoms with van der Waals surface area (Å²) in [5.41, 5.74) is 1.02. The number of benzene rings is 1. The first-order chi connectivity index (χ1) is 11.1. The Kier molecular flexibility index (Phi) is 5.67. The van der Waals surface area contributed by atoms with Crippen LogP contribution in [0, 0.1) is 0 Å². The first-order valence-electron chi connectivity index (χ1n) is 7.28. The number of amides is 2. The third kappa shape index (κ3) is 4.53. The highest BCUT2D eigenvalue weighted by atomic mass is 16.5. The Bertz CT molecular complexity index is 670. The smallest absolute Gasteiger partial charge is 0.292 e. The number of nitrogens with zero attached hydrogens (tertiary/aromatic N) is 2. The Hall–Kier alpha value is -2.90. The van der Waals surface area contributed by atoms with E-state index in [4.69, 9.17) is 4.74 Å². The zero-order valence-corrected chi connectivity index (χ0v) is 13.0. The molecular formula is C15H19N5O3. The second-order valence-corrected chi connectivity index (χ2v) is 4.85. The van der Waals surface area contributed by atoms with Crippen molar-refractivity contribution in [2.75, 3.05) is 17.7 Å². The van der Waals surface area contributed by atoms with Crippen molar-refractivity contribution in [1.29, 1.82) is 0 Å². The Morgan fingerprint density at radius 2 is 2.13 bits per heavy atom. The number of aromatic nitrogens is 3. The highest BCUT2D eigenvalue weighted by Crippen LogP contribution is 2.28. The monoisotopic (exact) mass is 317 g/mol. The summed E-state index contributed by atoms with van der Waals surface area (Å²) in [6.07, 6.45) is 3.45. The first kappa shape index (κ1) is 16.5. The zero-order valence-electron chi connectivity index (χ0n) is 13.0. The van der Waals surface area contributed by atoms with Crippen LogP contribution in [0.4, 0.5) is 11.4 Å². The number of hydrogen-bond donors (Lipinski definition) is 3. The van der Waals surface area contributed by atoms with Gasteiger partial charge in [-0.1, -0.05) is 13.3 Å². The highest BCUT2D eigenvalue weighted by molar-refractivity contribution is 6.02. The van der Waals surface area contributed by atoms with Gasteiger partial charge in [-0.25, -0.2) is 4.98 Å². The number of unbranched alkanes of at least 4 members (excludes halogenated alkanes) is 1. The predicted octanol–water partition coefficient (Wildman–Crippen LogP) is 2.19. The average Bonchev–Trinajstić information content (AvgIpc) is 3.08. The van der Waals surface area contributed by atoms with Crippen molar-refractivity contribution in [1.82, 2.24) is 15.2 Å². The molecule has 0 saturated heterocycles. The van der Waals surface area contributed by atoms with E-state index in [1.165, 1.54) is 13.4 Å². The molecule has 0 aliphatic rings. The van der Waals surface area contributed by atoms with Crippen LogP contribution in [0.1, 0.15) is 36.8 Å². The first-order valence-corrected chi connectivity index (χ1v) is 7.28. The maximum atomic E-state index is 11.9. The van der Waals surface area contributed by atoms with Crippen LogP contribution in [0.15, 0.2) is 24.5 Å². The van der Waals surface area contributed by atoms with Gasteiger partial charge in [0.2, 0.25) is 11.7 Å². The average molecular weight is 317 g/mol. The number of H-pyrrole nitrogens is 1. The van der Waals surface area contributed by atoms with Crippen molar-refractivity contribution in [2.24, 2.45) is 0 Å². The summed E-state index contributed by atoms with van der Waals surface area (Å²) in [6.45, 7) is 2.02. The molecule has 0 aliphatic carbocycles. The van der Waals surface area contributed by atoms with E-state index in [2.05, 4.69) is 25.8 Å². The summed E-state index contributed by atoms with van der Waals surface area (Å²) in [5, 5.41) is 11.6. The molecule has 23 heavy (non-hydrogen) atoms. The molecule has 0 atom stereocenters. The van der Waals surface area contributed by atoms with Gasteiger partial charge in [0.1, 0.15) is 12.1 Å². The fraction of sp³-hybridized carbons (Fsp3) is 0.333. The molecule has 8 nitrogen and oxygen atoms in total. The molecule has 1 aromatic heterocycles. The molecule has 2 amide bonds. The molecule has 0 radical (unpaired) electrons. The second kappa shape index (κ2) is 7.92. The Morgan fingerprint density at radius 3 is 2.78 bits per heavy atom. The van der Waals surface area contributed by atoms with Gasteiger partial charge in [-0.05, 0) is 24.6 Å². The maximum absolute atomic E-state index is 11.9. The lowest BCUT2D eigenvalue weighted by Gasteiger charge is -2.12. The van der Waals surface area contributed by atoms with Gasteiger partial charge in [0.15, 0.2) is 0 Å². The lowest BCUT2D eigenvalue weighted by Crippen LogP contribution is -2.15. The molecule has 0 saturated carbocycles. The number of carbonyl (C=O) groups is 2. The van der Waals surface area contributed by atoms with E-state index in [1.54, 1.807) is 18.2 Å². The van der Waals surface area contributed by atoms with Gasteiger partial charge in [-0.15, -0.1) is 0 Å². The minimum absolute atomic E-state index is 0.0936. The predicted molar refractivity (Wildman–Crippen MR) is 85.5 cm³/mol. The molecule has 0 aliphatic heterocycles. The van der Waals surface area contributed by atoms with Crippen LogP contribution in [-0.2, 0) is 4.79 Å². The Labute approximate surface area is 133 Å². The van der Waals surface area contributed by atoms with Crippen LogP contribution >= 0.6 is 0 Å². The maximum Gasteiger partial charge on any atom is 0.292 e. The largest absolute Gasteiger partial charge is 0.495 e. The fourth-order valence-corrected chi connectivity index (χ4v) is 1.94. The lowest BCUT2D eigenvalue weighted by atomic mass is 10.2. The third-order valence-electron chi connectivity index (χ3n) is 3.12. The summed E-state index contributed by atoms with van der Waals surface area (Å²) in [5.74, 6) is 0.113. The molecule has 1 aromatic carbocycles. The minimum atomic E-state index is -0.420. The van der Waals surface area contributed by atoms with Gasteiger partial charge < -0.3 is 15.4 Å². The zero-order chi connectivity index (χ0) is 16.7. The molecule has 0 unspecified atom stereocenters. The van der Waals surface area contributed by atoms with Crippen LogP contribution in [-0.4, -0.2) is 34.1 Å². The van der Waals surface area contributed by atoms with Gasteiger partial charge >= 0.3 is 0 Å². The molecule has 2 rings (SSSR count). The second-order valence-electron chi connectivity index (χ2n) is 4.85. The van der Waals surface area contributed by atoms with Crippen molar-refractivity contribution in [3.8, 4) is 5.75 Å². The van der Waals surface area contributed by atoms with E-state index in [-0.39, 0.29) is 11.7 Å². The topological polar surface area (TPSA) is 109 Å². The molecule has 3 N–H and O–H groups in total. The number of aromatic amines is 1. The summed E-state index contributed by atoms with van der Waals surface area (Å²) in [6, 6.07) is 4.98. The van der Waals surface area contributed by atoms with E-state index >= 15 is 0 Å². The van der Waals surface area contributed by atoms with E-state index in [0.29, 0.717) is 23.5 Å². The van der Waals surface area contributed by atoms with Crippen LogP contribution in [0.2, 0.25) is 0 Å². The SMILES string of the molecule is CCCCC(=O)Nc1cc(NC(=O)c2ncn[nH]2)ccc1OC. The van der Waals surface area contributed by atoms with Crippen molar-refractivity contribution in [3.63, 3.8) is 0 Å². The van der Waals surface area contributed by atoms with Gasteiger partial charge in [0, 0.05) is 12.1 Å². The minimum Gasteiger partial charge on any atom is -0.495 e. The van der Waals surface area contributed by atoms with Crippen molar-refractivity contribution < 1.29 is 14.3 Å². The van der Waals surface area contributed by atoms with Crippen molar-refractivity contribution in [3.05, 3.63) is 30.4 Å². The lowest BCUT2D eigenvalue weighted by molar-refractivity contribution is -0.116. The summed E-state index contributed by atoms with van der Waals surface area (Å²) < 4.78 is 5.23. The van der Waals surface area contributed by atoms with Gasteiger partial charge in [-0.3, -0.25) is 14.7 Å². The fourth-order valence-electron chi connectivity index (χ4n) is 1.94. The molecule has 122 valence electrons. The molecule has 0 bridgehead atoms. The molecular weight excluding hydrogens is 298 g/mol. The molecule has 0 spiro atoms. The third-order valence-corrected chi connectivity index (χ3v) is 3.12. The highest BCUT2D eigenvalue weighted by Gasteiger charge is 2.12. The Balaban J connectivity index is 2.11. The van der Waals surface area contributed by atoms with Gasteiger partial charge in [0.25, 0.3) is 5.91 Å². The van der Waals surface area contributed by atoms with Crippen LogP contribution in [0.5, 0.6) is 5.75 Å². The number of methoxy groups -OCH3 is 1. The molecule has 8 heteroatoms. The summed E-state index contributed by atoms with van der Waals surface area (Å²) in [7, 11) is 1.52. The standard InChI is InChI=1S/C15H19N5O3/c1-3-4-5-13(21)19-11-8-10(6-7-12(11)23-2)18-15(22)14-16-9-17-20-14/h6-9H,3-5H2,1-2H3,(H,18,22)(H,19,21)(H,16,17,20). The van der Waals surface area contributed by atoms with Crippen LogP contribution in [0.3, 0.4) is 0 Å². The number of carbonyl (C=O) groups excluding carboxylic acids is 2. The number of ether oxygens (including phenoxy) is 1. The summed E-state index contributed by atoms with van der Waals surface area (Å²) >= 11 is 0. The van der Waals surface area contributed by atoms with E-state index in [9.17, 15) is 9.59 Å².